The lowest BCUT2D eigenvalue weighted by atomic mass is 9.70. The molecule has 1 nitrogen and oxygen atoms in total. The van der Waals surface area contributed by atoms with E-state index in [4.69, 9.17) is 0 Å². The first-order valence-corrected chi connectivity index (χ1v) is 20.1. The molecule has 0 fully saturated rings. The second-order valence-electron chi connectivity index (χ2n) is 16.4. The zero-order chi connectivity index (χ0) is 37.9. The van der Waals surface area contributed by atoms with Crippen LogP contribution in [0.4, 0.5) is 17.1 Å². The van der Waals surface area contributed by atoms with Crippen LogP contribution in [0.25, 0.3) is 55.3 Å². The molecule has 0 atom stereocenters. The molecule has 0 amide bonds. The van der Waals surface area contributed by atoms with Gasteiger partial charge in [0.05, 0.1) is 11.1 Å². The Morgan fingerprint density at radius 3 is 1.40 bits per heavy atom. The van der Waals surface area contributed by atoms with Crippen LogP contribution in [0.3, 0.4) is 0 Å². The lowest BCUT2D eigenvalue weighted by Crippen LogP contribution is -2.26. The number of hydrogen-bond donors (Lipinski definition) is 0. The summed E-state index contributed by atoms with van der Waals surface area (Å²) in [5, 5.41) is 2.45. The van der Waals surface area contributed by atoms with Crippen molar-refractivity contribution >= 4 is 27.8 Å². The standard InChI is InChI=1S/C56H39N/c1-55(2)48-25-10-5-21-43(48)46-23-15-24-47(54(46)55)45-22-9-14-29-53(45)57(38-31-30-36-16-3-4-17-37(36)34-38)39-32-33-44-42-20-8-13-28-51(42)56(52(44)35-39)49-26-11-6-18-40(49)41-19-7-12-27-50(41)56/h3-35H,1-2H3. The van der Waals surface area contributed by atoms with Gasteiger partial charge in [-0.2, -0.15) is 0 Å². The summed E-state index contributed by atoms with van der Waals surface area (Å²) < 4.78 is 0. The third kappa shape index (κ3) is 4.29. The van der Waals surface area contributed by atoms with Crippen molar-refractivity contribution in [1.29, 1.82) is 0 Å². The molecule has 0 aromatic heterocycles. The average molecular weight is 726 g/mol. The van der Waals surface area contributed by atoms with E-state index in [0.717, 1.165) is 17.1 Å². The Kier molecular flexibility index (Phi) is 6.67. The van der Waals surface area contributed by atoms with Crippen molar-refractivity contribution in [1.82, 2.24) is 0 Å². The fourth-order valence-electron chi connectivity index (χ4n) is 10.9. The Morgan fingerprint density at radius 1 is 0.316 bits per heavy atom. The molecule has 1 heteroatoms. The third-order valence-corrected chi connectivity index (χ3v) is 13.2. The molecule has 0 saturated carbocycles. The molecule has 0 N–H and O–H groups in total. The molecule has 3 aliphatic carbocycles. The normalized spacial score (nSPS) is 14.4. The van der Waals surface area contributed by atoms with Crippen LogP contribution in [0, 0.1) is 0 Å². The first-order chi connectivity index (χ1) is 28.0. The van der Waals surface area contributed by atoms with Gasteiger partial charge in [0.2, 0.25) is 0 Å². The highest BCUT2D eigenvalue weighted by atomic mass is 15.1. The minimum atomic E-state index is -0.431. The molecule has 9 aromatic carbocycles. The fourth-order valence-corrected chi connectivity index (χ4v) is 10.9. The van der Waals surface area contributed by atoms with Gasteiger partial charge in [-0.1, -0.05) is 184 Å². The molecule has 0 radical (unpaired) electrons. The van der Waals surface area contributed by atoms with Crippen LogP contribution < -0.4 is 4.90 Å². The van der Waals surface area contributed by atoms with Gasteiger partial charge in [0.15, 0.2) is 0 Å². The van der Waals surface area contributed by atoms with E-state index in [-0.39, 0.29) is 5.41 Å². The molecule has 12 rings (SSSR count). The zero-order valence-electron chi connectivity index (χ0n) is 32.0. The van der Waals surface area contributed by atoms with E-state index in [9.17, 15) is 0 Å². The maximum Gasteiger partial charge on any atom is 0.0726 e. The topological polar surface area (TPSA) is 3.24 Å². The summed E-state index contributed by atoms with van der Waals surface area (Å²) in [4.78, 5) is 2.51. The van der Waals surface area contributed by atoms with E-state index in [0.29, 0.717) is 0 Å². The molecule has 57 heavy (non-hydrogen) atoms. The molecule has 0 saturated heterocycles. The Balaban J connectivity index is 1.14. The maximum atomic E-state index is 2.51. The van der Waals surface area contributed by atoms with Crippen LogP contribution in [0.1, 0.15) is 47.2 Å². The van der Waals surface area contributed by atoms with E-state index in [2.05, 4.69) is 219 Å². The van der Waals surface area contributed by atoms with Gasteiger partial charge in [-0.05, 0) is 113 Å². The number of rotatable bonds is 4. The minimum Gasteiger partial charge on any atom is -0.310 e. The third-order valence-electron chi connectivity index (χ3n) is 13.2. The van der Waals surface area contributed by atoms with Crippen LogP contribution in [0.2, 0.25) is 0 Å². The van der Waals surface area contributed by atoms with Crippen molar-refractivity contribution in [2.75, 3.05) is 4.90 Å². The minimum absolute atomic E-state index is 0.154. The molecular weight excluding hydrogens is 687 g/mol. The number of nitrogens with zero attached hydrogens (tertiary/aromatic N) is 1. The monoisotopic (exact) mass is 725 g/mol. The summed E-state index contributed by atoms with van der Waals surface area (Å²) in [6.07, 6.45) is 0. The summed E-state index contributed by atoms with van der Waals surface area (Å²) in [6, 6.07) is 75.0. The quantitative estimate of drug-likeness (QED) is 0.175. The summed E-state index contributed by atoms with van der Waals surface area (Å²) in [5.74, 6) is 0. The first-order valence-electron chi connectivity index (χ1n) is 20.1. The van der Waals surface area contributed by atoms with Crippen LogP contribution >= 0.6 is 0 Å². The van der Waals surface area contributed by atoms with Gasteiger partial charge in [-0.3, -0.25) is 0 Å². The van der Waals surface area contributed by atoms with Crippen molar-refractivity contribution in [3.05, 3.63) is 234 Å². The number of anilines is 3. The second kappa shape index (κ2) is 11.8. The van der Waals surface area contributed by atoms with Crippen molar-refractivity contribution in [3.8, 4) is 44.5 Å². The van der Waals surface area contributed by atoms with Crippen molar-refractivity contribution in [2.45, 2.75) is 24.7 Å². The highest BCUT2D eigenvalue weighted by Gasteiger charge is 2.51. The zero-order valence-corrected chi connectivity index (χ0v) is 32.0. The lowest BCUT2D eigenvalue weighted by Gasteiger charge is -2.33. The predicted octanol–water partition coefficient (Wildman–Crippen LogP) is 14.6. The smallest absolute Gasteiger partial charge is 0.0726 e. The largest absolute Gasteiger partial charge is 0.310 e. The molecule has 3 aliphatic rings. The molecule has 0 unspecified atom stereocenters. The van der Waals surface area contributed by atoms with Crippen LogP contribution in [0.15, 0.2) is 200 Å². The molecule has 9 aromatic rings. The summed E-state index contributed by atoms with van der Waals surface area (Å²) >= 11 is 0. The highest BCUT2D eigenvalue weighted by Crippen LogP contribution is 2.63. The molecule has 0 aliphatic heterocycles. The predicted molar refractivity (Wildman–Crippen MR) is 238 cm³/mol. The van der Waals surface area contributed by atoms with Gasteiger partial charge in [-0.25, -0.2) is 0 Å². The maximum absolute atomic E-state index is 2.51. The van der Waals surface area contributed by atoms with Gasteiger partial charge in [0.1, 0.15) is 0 Å². The van der Waals surface area contributed by atoms with Gasteiger partial charge < -0.3 is 4.90 Å². The van der Waals surface area contributed by atoms with Gasteiger partial charge >= 0.3 is 0 Å². The van der Waals surface area contributed by atoms with Crippen LogP contribution in [0.5, 0.6) is 0 Å². The van der Waals surface area contributed by atoms with Gasteiger partial charge in [0, 0.05) is 22.4 Å². The number of fused-ring (bicyclic) bond motifs is 14. The SMILES string of the molecule is CC1(C)c2ccccc2-c2cccc(-c3ccccc3N(c3ccc4c(c3)C3(c5ccccc5-c5ccccc53)c3ccccc3-4)c3ccc4ccccc4c3)c21. The Bertz CT molecular complexity index is 3060. The summed E-state index contributed by atoms with van der Waals surface area (Å²) in [5.41, 5.74) is 21.4. The van der Waals surface area contributed by atoms with Crippen molar-refractivity contribution in [3.63, 3.8) is 0 Å². The van der Waals surface area contributed by atoms with Crippen LogP contribution in [-0.4, -0.2) is 0 Å². The molecule has 0 bridgehead atoms. The van der Waals surface area contributed by atoms with Gasteiger partial charge in [-0.15, -0.1) is 0 Å². The van der Waals surface area contributed by atoms with Crippen LogP contribution in [-0.2, 0) is 10.8 Å². The molecule has 268 valence electrons. The Hall–Kier alpha value is -6.96. The van der Waals surface area contributed by atoms with E-state index in [1.165, 1.54) is 88.7 Å². The van der Waals surface area contributed by atoms with E-state index >= 15 is 0 Å². The second-order valence-corrected chi connectivity index (χ2v) is 16.4. The van der Waals surface area contributed by atoms with E-state index < -0.39 is 5.41 Å². The Morgan fingerprint density at radius 2 is 0.754 bits per heavy atom. The Labute approximate surface area is 334 Å². The van der Waals surface area contributed by atoms with Gasteiger partial charge in [0.25, 0.3) is 0 Å². The number of hydrogen-bond acceptors (Lipinski definition) is 1. The highest BCUT2D eigenvalue weighted by molar-refractivity contribution is 5.99. The summed E-state index contributed by atoms with van der Waals surface area (Å²) in [6.45, 7) is 4.78. The molecular formula is C56H39N. The lowest BCUT2D eigenvalue weighted by molar-refractivity contribution is 0.662. The summed E-state index contributed by atoms with van der Waals surface area (Å²) in [7, 11) is 0. The van der Waals surface area contributed by atoms with Crippen molar-refractivity contribution < 1.29 is 0 Å². The number of benzene rings is 9. The van der Waals surface area contributed by atoms with Crippen molar-refractivity contribution in [2.24, 2.45) is 0 Å². The number of para-hydroxylation sites is 1. The first kappa shape index (κ1) is 32.3. The average Bonchev–Trinajstić information content (AvgIpc) is 3.82. The fraction of sp³-hybridized carbons (Fsp3) is 0.0714. The van der Waals surface area contributed by atoms with E-state index in [1.807, 2.05) is 0 Å². The molecule has 0 heterocycles. The molecule has 1 spiro atoms. The van der Waals surface area contributed by atoms with E-state index in [1.54, 1.807) is 0 Å².